The van der Waals surface area contributed by atoms with Crippen LogP contribution in [0.5, 0.6) is 0 Å². The van der Waals surface area contributed by atoms with Crippen LogP contribution in [0.15, 0.2) is 40.6 Å². The van der Waals surface area contributed by atoms with E-state index in [-0.39, 0.29) is 10.8 Å². The highest BCUT2D eigenvalue weighted by Gasteiger charge is 2.21. The minimum Gasteiger partial charge on any atom is -0.378 e. The van der Waals surface area contributed by atoms with E-state index in [2.05, 4.69) is 5.32 Å². The fourth-order valence-corrected chi connectivity index (χ4v) is 4.05. The van der Waals surface area contributed by atoms with Crippen molar-refractivity contribution in [2.45, 2.75) is 11.3 Å². The molecule has 0 radical (unpaired) electrons. The van der Waals surface area contributed by atoms with Gasteiger partial charge in [0.2, 0.25) is 10.0 Å². The van der Waals surface area contributed by atoms with Gasteiger partial charge in [-0.15, -0.1) is 11.3 Å². The second kappa shape index (κ2) is 8.17. The number of hydrogen-bond donors (Lipinski definition) is 2. The zero-order valence-corrected chi connectivity index (χ0v) is 15.8. The lowest BCUT2D eigenvalue weighted by Gasteiger charge is -2.30. The Morgan fingerprint density at radius 3 is 2.69 bits per heavy atom. The Bertz CT molecular complexity index is 860. The van der Waals surface area contributed by atoms with E-state index in [9.17, 15) is 13.2 Å². The largest absolute Gasteiger partial charge is 0.378 e. The monoisotopic (exact) mass is 395 g/mol. The van der Waals surface area contributed by atoms with Gasteiger partial charge in [0, 0.05) is 30.2 Å². The first-order valence-corrected chi connectivity index (χ1v) is 10.7. The van der Waals surface area contributed by atoms with Crippen LogP contribution < -0.4 is 15.4 Å². The zero-order valence-electron chi connectivity index (χ0n) is 14.2. The Kier molecular flexibility index (Phi) is 5.92. The zero-order chi connectivity index (χ0) is 18.6. The van der Waals surface area contributed by atoms with Gasteiger partial charge in [-0.1, -0.05) is 6.07 Å². The summed E-state index contributed by atoms with van der Waals surface area (Å²) in [4.78, 5) is 15.8. The maximum atomic E-state index is 12.7. The van der Waals surface area contributed by atoms with Crippen LogP contribution >= 0.6 is 11.3 Å². The van der Waals surface area contributed by atoms with E-state index in [1.807, 2.05) is 22.4 Å². The molecule has 0 spiro atoms. The lowest BCUT2D eigenvalue weighted by molar-refractivity contribution is 0.0952. The van der Waals surface area contributed by atoms with Crippen LogP contribution in [-0.4, -0.2) is 47.2 Å². The van der Waals surface area contributed by atoms with Crippen LogP contribution in [0, 0.1) is 0 Å². The molecule has 2 aromatic rings. The summed E-state index contributed by atoms with van der Waals surface area (Å²) in [6, 6.07) is 8.40. The molecule has 1 aromatic heterocycles. The van der Waals surface area contributed by atoms with Crippen LogP contribution in [0.4, 0.5) is 5.69 Å². The Hall–Kier alpha value is -1.94. The van der Waals surface area contributed by atoms with Crippen molar-refractivity contribution in [3.63, 3.8) is 0 Å². The van der Waals surface area contributed by atoms with Gasteiger partial charge < -0.3 is 15.0 Å². The molecule has 0 saturated carbocycles. The molecule has 1 saturated heterocycles. The Balaban J connectivity index is 1.81. The molecule has 0 aliphatic carbocycles. The van der Waals surface area contributed by atoms with Gasteiger partial charge in [0.1, 0.15) is 0 Å². The molecule has 7 nitrogen and oxygen atoms in total. The second-order valence-corrected chi connectivity index (χ2v) is 8.50. The van der Waals surface area contributed by atoms with Crippen molar-refractivity contribution in [1.82, 2.24) is 5.32 Å². The average molecular weight is 396 g/mol. The highest BCUT2D eigenvalue weighted by molar-refractivity contribution is 7.89. The van der Waals surface area contributed by atoms with Gasteiger partial charge in [0.15, 0.2) is 0 Å². The van der Waals surface area contributed by atoms with Crippen LogP contribution in [-0.2, 0) is 21.2 Å². The van der Waals surface area contributed by atoms with Crippen LogP contribution in [0.25, 0.3) is 0 Å². The van der Waals surface area contributed by atoms with E-state index >= 15 is 0 Å². The van der Waals surface area contributed by atoms with E-state index in [1.54, 1.807) is 17.4 Å². The number of thiophene rings is 1. The molecule has 26 heavy (non-hydrogen) atoms. The molecule has 0 bridgehead atoms. The van der Waals surface area contributed by atoms with Crippen molar-refractivity contribution in [3.8, 4) is 0 Å². The molecule has 1 aromatic carbocycles. The minimum atomic E-state index is -3.88. The average Bonchev–Trinajstić information content (AvgIpc) is 3.14. The first kappa shape index (κ1) is 18.8. The lowest BCUT2D eigenvalue weighted by Crippen LogP contribution is -2.38. The van der Waals surface area contributed by atoms with E-state index in [1.165, 1.54) is 17.0 Å². The predicted molar refractivity (Wildman–Crippen MR) is 101 cm³/mol. The predicted octanol–water partition coefficient (Wildman–Crippen LogP) is 1.20. The van der Waals surface area contributed by atoms with Crippen molar-refractivity contribution < 1.29 is 17.9 Å². The summed E-state index contributed by atoms with van der Waals surface area (Å²) in [7, 11) is -3.88. The summed E-state index contributed by atoms with van der Waals surface area (Å²) in [6.07, 6.45) is 0.727. The van der Waals surface area contributed by atoms with Gasteiger partial charge in [-0.25, -0.2) is 13.6 Å². The summed E-state index contributed by atoms with van der Waals surface area (Å²) >= 11 is 1.63. The van der Waals surface area contributed by atoms with Crippen LogP contribution in [0.1, 0.15) is 15.2 Å². The van der Waals surface area contributed by atoms with Gasteiger partial charge in [0.05, 0.1) is 23.7 Å². The van der Waals surface area contributed by atoms with E-state index in [4.69, 9.17) is 9.88 Å². The van der Waals surface area contributed by atoms with Gasteiger partial charge >= 0.3 is 0 Å². The van der Waals surface area contributed by atoms with Gasteiger partial charge in [0.25, 0.3) is 5.91 Å². The van der Waals surface area contributed by atoms with Crippen molar-refractivity contribution in [2.75, 3.05) is 37.7 Å². The summed E-state index contributed by atoms with van der Waals surface area (Å²) in [5, 5.41) is 10.1. The number of nitrogens with two attached hydrogens (primary N) is 1. The normalized spacial score (nSPS) is 15.0. The number of morpholine rings is 1. The number of hydrogen-bond acceptors (Lipinski definition) is 6. The third-order valence-electron chi connectivity index (χ3n) is 4.13. The van der Waals surface area contributed by atoms with Crippen molar-refractivity contribution in [2.24, 2.45) is 5.14 Å². The van der Waals surface area contributed by atoms with Crippen molar-refractivity contribution in [1.29, 1.82) is 0 Å². The smallest absolute Gasteiger partial charge is 0.253 e. The molecule has 2 heterocycles. The highest BCUT2D eigenvalue weighted by Crippen LogP contribution is 2.25. The standard InChI is InChI=1S/C17H21N3O4S2/c18-26(22,23)14-3-4-16(20-7-9-24-10-8-20)15(12-14)17(21)19-6-5-13-2-1-11-25-13/h1-4,11-12H,5-10H2,(H,19,21)(H2,18,22,23). The fraction of sp³-hybridized carbons (Fsp3) is 0.353. The van der Waals surface area contributed by atoms with Crippen molar-refractivity contribution >= 4 is 33.0 Å². The molecular formula is C17H21N3O4S2. The van der Waals surface area contributed by atoms with Gasteiger partial charge in [-0.2, -0.15) is 0 Å². The van der Waals surface area contributed by atoms with E-state index < -0.39 is 10.0 Å². The molecule has 1 fully saturated rings. The topological polar surface area (TPSA) is 102 Å². The quantitative estimate of drug-likeness (QED) is 0.765. The number of nitrogens with one attached hydrogen (secondary N) is 1. The molecule has 140 valence electrons. The van der Waals surface area contributed by atoms with Crippen LogP contribution in [0.3, 0.4) is 0 Å². The lowest BCUT2D eigenvalue weighted by atomic mass is 10.1. The Labute approximate surface area is 156 Å². The Morgan fingerprint density at radius 2 is 2.04 bits per heavy atom. The second-order valence-electron chi connectivity index (χ2n) is 5.91. The number of benzene rings is 1. The Morgan fingerprint density at radius 1 is 1.27 bits per heavy atom. The van der Waals surface area contributed by atoms with E-state index in [0.717, 1.165) is 6.42 Å². The maximum absolute atomic E-state index is 12.7. The van der Waals surface area contributed by atoms with E-state index in [0.29, 0.717) is 44.1 Å². The number of ether oxygens (including phenoxy) is 1. The molecular weight excluding hydrogens is 374 g/mol. The number of carbonyl (C=O) groups excluding carboxylic acids is 1. The number of rotatable bonds is 6. The fourth-order valence-electron chi connectivity index (χ4n) is 2.80. The van der Waals surface area contributed by atoms with Gasteiger partial charge in [-0.05, 0) is 36.1 Å². The number of amides is 1. The number of nitrogens with zero attached hydrogens (tertiary/aromatic N) is 1. The summed E-state index contributed by atoms with van der Waals surface area (Å²) in [5.41, 5.74) is 0.999. The number of carbonyl (C=O) groups is 1. The number of primary sulfonamides is 1. The summed E-state index contributed by atoms with van der Waals surface area (Å²) < 4.78 is 28.7. The molecule has 1 aliphatic heterocycles. The van der Waals surface area contributed by atoms with Crippen molar-refractivity contribution in [3.05, 3.63) is 46.2 Å². The molecule has 1 aliphatic rings. The SMILES string of the molecule is NS(=O)(=O)c1ccc(N2CCOCC2)c(C(=O)NCCc2cccs2)c1. The minimum absolute atomic E-state index is 0.0714. The molecule has 1 amide bonds. The number of sulfonamides is 1. The third kappa shape index (κ3) is 4.61. The number of anilines is 1. The molecule has 3 rings (SSSR count). The first-order valence-electron chi connectivity index (χ1n) is 8.25. The van der Waals surface area contributed by atoms with Gasteiger partial charge in [-0.3, -0.25) is 4.79 Å². The summed E-state index contributed by atoms with van der Waals surface area (Å²) in [6.45, 7) is 2.89. The van der Waals surface area contributed by atoms with Crippen LogP contribution in [0.2, 0.25) is 0 Å². The molecule has 0 atom stereocenters. The first-order chi connectivity index (χ1) is 12.4. The third-order valence-corrected chi connectivity index (χ3v) is 5.98. The maximum Gasteiger partial charge on any atom is 0.253 e. The molecule has 9 heteroatoms. The highest BCUT2D eigenvalue weighted by atomic mass is 32.2. The molecule has 0 unspecified atom stereocenters. The summed E-state index contributed by atoms with van der Waals surface area (Å²) in [5.74, 6) is -0.312. The molecule has 3 N–H and O–H groups in total.